The standard InChI is InChI=1S/C9H12N2O/c1-6(2)11-5-7-3-4-10-8(7)9(11)12/h3,6H,4-5H2,1-2H3. The predicted molar refractivity (Wildman–Crippen MR) is 47.2 cm³/mol. The molecule has 0 unspecified atom stereocenters. The van der Waals surface area contributed by atoms with Crippen LogP contribution < -0.4 is 0 Å². The number of aliphatic imine (C=N–C) groups is 1. The molecule has 0 aromatic rings. The number of carbonyl (C=O) groups excluding carboxylic acids is 1. The normalized spacial score (nSPS) is 21.6. The minimum atomic E-state index is 0.105. The first-order valence-electron chi connectivity index (χ1n) is 4.25. The van der Waals surface area contributed by atoms with Crippen molar-refractivity contribution in [3.63, 3.8) is 0 Å². The van der Waals surface area contributed by atoms with Crippen LogP contribution >= 0.6 is 0 Å². The molecule has 0 saturated carbocycles. The molecule has 0 aromatic heterocycles. The molecule has 0 bridgehead atoms. The summed E-state index contributed by atoms with van der Waals surface area (Å²) >= 11 is 0. The van der Waals surface area contributed by atoms with Gasteiger partial charge in [0.1, 0.15) is 5.71 Å². The highest BCUT2D eigenvalue weighted by atomic mass is 16.2. The molecular formula is C9H12N2O. The van der Waals surface area contributed by atoms with Crippen LogP contribution in [0.3, 0.4) is 0 Å². The lowest BCUT2D eigenvalue weighted by atomic mass is 10.2. The van der Waals surface area contributed by atoms with Crippen molar-refractivity contribution in [2.75, 3.05) is 13.1 Å². The quantitative estimate of drug-likeness (QED) is 0.559. The predicted octanol–water partition coefficient (Wildman–Crippen LogP) is 0.618. The summed E-state index contributed by atoms with van der Waals surface area (Å²) in [7, 11) is 0. The second-order valence-corrected chi connectivity index (χ2v) is 3.45. The summed E-state index contributed by atoms with van der Waals surface area (Å²) in [4.78, 5) is 17.6. The van der Waals surface area contributed by atoms with E-state index in [-0.39, 0.29) is 11.9 Å². The van der Waals surface area contributed by atoms with Crippen LogP contribution in [-0.2, 0) is 4.79 Å². The largest absolute Gasteiger partial charge is 0.330 e. The number of hydrogen-bond acceptors (Lipinski definition) is 2. The van der Waals surface area contributed by atoms with Crippen molar-refractivity contribution in [2.45, 2.75) is 19.9 Å². The average molecular weight is 164 g/mol. The van der Waals surface area contributed by atoms with Crippen LogP contribution in [0.4, 0.5) is 0 Å². The van der Waals surface area contributed by atoms with Crippen molar-refractivity contribution >= 4 is 11.6 Å². The molecule has 0 N–H and O–H groups in total. The van der Waals surface area contributed by atoms with Gasteiger partial charge in [0.2, 0.25) is 0 Å². The highest BCUT2D eigenvalue weighted by Crippen LogP contribution is 2.20. The number of rotatable bonds is 1. The summed E-state index contributed by atoms with van der Waals surface area (Å²) in [5.74, 6) is 0.105. The zero-order valence-electron chi connectivity index (χ0n) is 7.37. The molecule has 0 aromatic carbocycles. The first kappa shape index (κ1) is 7.53. The highest BCUT2D eigenvalue weighted by Gasteiger charge is 2.34. The number of fused-ring (bicyclic) bond motifs is 1. The molecule has 64 valence electrons. The van der Waals surface area contributed by atoms with Crippen LogP contribution in [0.5, 0.6) is 0 Å². The molecule has 3 nitrogen and oxygen atoms in total. The fourth-order valence-electron chi connectivity index (χ4n) is 1.60. The fourth-order valence-corrected chi connectivity index (χ4v) is 1.60. The van der Waals surface area contributed by atoms with Crippen LogP contribution in [0.15, 0.2) is 16.6 Å². The Morgan fingerprint density at radius 1 is 1.58 bits per heavy atom. The summed E-state index contributed by atoms with van der Waals surface area (Å²) in [6.45, 7) is 5.51. The van der Waals surface area contributed by atoms with Crippen molar-refractivity contribution in [3.05, 3.63) is 11.6 Å². The molecule has 0 spiro atoms. The van der Waals surface area contributed by atoms with Crippen LogP contribution in [-0.4, -0.2) is 35.7 Å². The zero-order chi connectivity index (χ0) is 8.72. The molecule has 12 heavy (non-hydrogen) atoms. The second-order valence-electron chi connectivity index (χ2n) is 3.45. The second kappa shape index (κ2) is 2.44. The van der Waals surface area contributed by atoms with Gasteiger partial charge < -0.3 is 4.90 Å². The van der Waals surface area contributed by atoms with Gasteiger partial charge in [0.15, 0.2) is 0 Å². The number of hydrogen-bond donors (Lipinski definition) is 0. The summed E-state index contributed by atoms with van der Waals surface area (Å²) in [6, 6.07) is 0.284. The van der Waals surface area contributed by atoms with Gasteiger partial charge in [-0.05, 0) is 13.8 Å². The van der Waals surface area contributed by atoms with Crippen molar-refractivity contribution in [3.8, 4) is 0 Å². The van der Waals surface area contributed by atoms with Crippen LogP contribution in [0.2, 0.25) is 0 Å². The molecular weight excluding hydrogens is 152 g/mol. The van der Waals surface area contributed by atoms with E-state index in [0.717, 1.165) is 12.1 Å². The van der Waals surface area contributed by atoms with E-state index in [2.05, 4.69) is 4.99 Å². The molecule has 1 fully saturated rings. The lowest BCUT2D eigenvalue weighted by Gasteiger charge is -2.19. The Bertz CT molecular complexity index is 289. The summed E-state index contributed by atoms with van der Waals surface area (Å²) in [6.07, 6.45) is 2.04. The van der Waals surface area contributed by atoms with Gasteiger partial charge in [-0.1, -0.05) is 6.08 Å². The van der Waals surface area contributed by atoms with E-state index in [4.69, 9.17) is 0 Å². The van der Waals surface area contributed by atoms with Crippen LogP contribution in [0.1, 0.15) is 13.8 Å². The summed E-state index contributed by atoms with van der Waals surface area (Å²) in [5.41, 5.74) is 1.82. The molecule has 2 heterocycles. The highest BCUT2D eigenvalue weighted by molar-refractivity contribution is 6.48. The zero-order valence-corrected chi connectivity index (χ0v) is 7.37. The Kier molecular flexibility index (Phi) is 1.53. The van der Waals surface area contributed by atoms with E-state index < -0.39 is 0 Å². The topological polar surface area (TPSA) is 32.7 Å². The first-order chi connectivity index (χ1) is 5.70. The van der Waals surface area contributed by atoms with Gasteiger partial charge in [0.25, 0.3) is 5.91 Å². The van der Waals surface area contributed by atoms with Crippen LogP contribution in [0, 0.1) is 0 Å². The van der Waals surface area contributed by atoms with E-state index >= 15 is 0 Å². The Morgan fingerprint density at radius 2 is 2.33 bits per heavy atom. The maximum atomic E-state index is 11.6. The lowest BCUT2D eigenvalue weighted by Crippen LogP contribution is -2.33. The molecule has 2 aliphatic heterocycles. The number of amides is 1. The van der Waals surface area contributed by atoms with Gasteiger partial charge in [0, 0.05) is 18.2 Å². The molecule has 0 atom stereocenters. The van der Waals surface area contributed by atoms with Gasteiger partial charge in [-0.15, -0.1) is 0 Å². The van der Waals surface area contributed by atoms with Gasteiger partial charge in [-0.2, -0.15) is 0 Å². The monoisotopic (exact) mass is 164 g/mol. The Balaban J connectivity index is 2.28. The SMILES string of the molecule is CC(C)N1CC2=CCN=C2C1=O. The maximum Gasteiger partial charge on any atom is 0.272 e. The van der Waals surface area contributed by atoms with Gasteiger partial charge >= 0.3 is 0 Å². The molecule has 1 amide bonds. The minimum absolute atomic E-state index is 0.105. The lowest BCUT2D eigenvalue weighted by molar-refractivity contribution is -0.123. The third kappa shape index (κ3) is 0.891. The summed E-state index contributed by atoms with van der Waals surface area (Å²) < 4.78 is 0. The van der Waals surface area contributed by atoms with E-state index in [1.807, 2.05) is 24.8 Å². The van der Waals surface area contributed by atoms with E-state index in [0.29, 0.717) is 12.3 Å². The molecule has 2 rings (SSSR count). The smallest absolute Gasteiger partial charge is 0.272 e. The Hall–Kier alpha value is -1.12. The van der Waals surface area contributed by atoms with Crippen molar-refractivity contribution in [2.24, 2.45) is 4.99 Å². The number of nitrogens with zero attached hydrogens (tertiary/aromatic N) is 2. The van der Waals surface area contributed by atoms with Crippen LogP contribution in [0.25, 0.3) is 0 Å². The number of likely N-dealkylation sites (tertiary alicyclic amines) is 1. The molecule has 0 aliphatic carbocycles. The first-order valence-corrected chi connectivity index (χ1v) is 4.25. The summed E-state index contributed by atoms with van der Waals surface area (Å²) in [5, 5.41) is 0. The van der Waals surface area contributed by atoms with Gasteiger partial charge in [-0.3, -0.25) is 9.79 Å². The van der Waals surface area contributed by atoms with Gasteiger partial charge in [-0.25, -0.2) is 0 Å². The number of carbonyl (C=O) groups is 1. The third-order valence-electron chi connectivity index (χ3n) is 2.32. The van der Waals surface area contributed by atoms with Gasteiger partial charge in [0.05, 0.1) is 6.54 Å². The Labute approximate surface area is 71.8 Å². The van der Waals surface area contributed by atoms with Crippen molar-refractivity contribution in [1.82, 2.24) is 4.90 Å². The average Bonchev–Trinajstić information content (AvgIpc) is 2.53. The van der Waals surface area contributed by atoms with Crippen molar-refractivity contribution < 1.29 is 4.79 Å². The molecule has 1 saturated heterocycles. The molecule has 3 heteroatoms. The maximum absolute atomic E-state index is 11.6. The third-order valence-corrected chi connectivity index (χ3v) is 2.32. The molecule has 0 radical (unpaired) electrons. The minimum Gasteiger partial charge on any atom is -0.330 e. The Morgan fingerprint density at radius 3 is 2.92 bits per heavy atom. The van der Waals surface area contributed by atoms with E-state index in [9.17, 15) is 4.79 Å². The van der Waals surface area contributed by atoms with Crippen molar-refractivity contribution in [1.29, 1.82) is 0 Å². The fraction of sp³-hybridized carbons (Fsp3) is 0.556. The molecule has 2 aliphatic rings. The van der Waals surface area contributed by atoms with E-state index in [1.54, 1.807) is 0 Å². The van der Waals surface area contributed by atoms with E-state index in [1.165, 1.54) is 0 Å².